The number of carboxylic acid groups (broad SMARTS) is 1. The van der Waals surface area contributed by atoms with Crippen molar-refractivity contribution in [2.45, 2.75) is 17.8 Å². The number of aliphatic carboxylic acids is 1. The molecule has 0 fully saturated rings. The third kappa shape index (κ3) is 5.40. The first-order valence-corrected chi connectivity index (χ1v) is 8.64. The van der Waals surface area contributed by atoms with Crippen LogP contribution in [-0.2, 0) is 15.3 Å². The average molecular weight is 345 g/mol. The molecule has 24 heavy (non-hydrogen) atoms. The van der Waals surface area contributed by atoms with Crippen molar-refractivity contribution >= 4 is 23.6 Å². The highest BCUT2D eigenvalue weighted by Gasteiger charge is 2.24. The molecule has 1 amide bonds. The summed E-state index contributed by atoms with van der Waals surface area (Å²) in [6.45, 7) is 0. The van der Waals surface area contributed by atoms with Crippen LogP contribution < -0.4 is 11.0 Å². The standard InChI is InChI=1S/C18H20N2O3S/c19-15(12-24-11-13-7-3-1-4-8-13)17(21)20-16(18(22)23)14-9-5-2-6-10-14/h1-10,15-16H,11-12,19H2,(H,20,21)(H,22,23)/t15-,16?/m0/s1/i/hD. The largest absolute Gasteiger partial charge is 0.479 e. The van der Waals surface area contributed by atoms with Gasteiger partial charge in [-0.3, -0.25) is 4.79 Å². The Hall–Kier alpha value is -2.31. The molecule has 0 bridgehead atoms. The van der Waals surface area contributed by atoms with E-state index in [1.165, 1.54) is 11.8 Å². The van der Waals surface area contributed by atoms with E-state index >= 15 is 0 Å². The Labute approximate surface area is 146 Å². The van der Waals surface area contributed by atoms with Gasteiger partial charge >= 0.3 is 5.97 Å². The maximum Gasteiger partial charge on any atom is 0.330 e. The van der Waals surface area contributed by atoms with E-state index in [0.29, 0.717) is 17.1 Å². The highest BCUT2D eigenvalue weighted by Crippen LogP contribution is 2.15. The molecular weight excluding hydrogens is 324 g/mol. The molecule has 6 heteroatoms. The first-order valence-electron chi connectivity index (χ1n) is 7.99. The molecule has 0 aliphatic heterocycles. The molecule has 0 saturated carbocycles. The Kier molecular flexibility index (Phi) is 6.27. The van der Waals surface area contributed by atoms with E-state index in [4.69, 9.17) is 1.41 Å². The lowest BCUT2D eigenvalue weighted by Crippen LogP contribution is -2.45. The smallest absolute Gasteiger partial charge is 0.330 e. The summed E-state index contributed by atoms with van der Waals surface area (Å²) in [5.41, 5.74) is 3.83. The summed E-state index contributed by atoms with van der Waals surface area (Å²) >= 11 is 1.51. The van der Waals surface area contributed by atoms with Crippen LogP contribution in [0.4, 0.5) is 0 Å². The Morgan fingerprint density at radius 2 is 1.75 bits per heavy atom. The van der Waals surface area contributed by atoms with E-state index in [-0.39, 0.29) is 0 Å². The fourth-order valence-corrected chi connectivity index (χ4v) is 3.05. The zero-order valence-electron chi connectivity index (χ0n) is 14.0. The van der Waals surface area contributed by atoms with Crippen LogP contribution in [0.3, 0.4) is 0 Å². The van der Waals surface area contributed by atoms with Crippen molar-refractivity contribution in [2.24, 2.45) is 5.73 Å². The van der Waals surface area contributed by atoms with Gasteiger partial charge in [-0.05, 0) is 11.1 Å². The van der Waals surface area contributed by atoms with Crippen LogP contribution in [-0.4, -0.2) is 28.8 Å². The fraction of sp³-hybridized carbons (Fsp3) is 0.222. The van der Waals surface area contributed by atoms with Crippen molar-refractivity contribution in [3.63, 3.8) is 0 Å². The van der Waals surface area contributed by atoms with Gasteiger partial charge in [0.1, 0.15) is 1.41 Å². The zero-order valence-corrected chi connectivity index (χ0v) is 13.8. The van der Waals surface area contributed by atoms with Gasteiger partial charge in [0, 0.05) is 11.5 Å². The van der Waals surface area contributed by atoms with E-state index < -0.39 is 24.0 Å². The molecular formula is C18H20N2O3S. The number of rotatable bonds is 9. The lowest BCUT2D eigenvalue weighted by atomic mass is 10.1. The summed E-state index contributed by atoms with van der Waals surface area (Å²) in [5, 5.41) is 11.9. The molecule has 0 aliphatic rings. The zero-order chi connectivity index (χ0) is 18.1. The van der Waals surface area contributed by atoms with E-state index in [9.17, 15) is 14.7 Å². The Morgan fingerprint density at radius 1 is 1.12 bits per heavy atom. The lowest BCUT2D eigenvalue weighted by molar-refractivity contribution is -0.142. The maximum absolute atomic E-state index is 12.3. The second kappa shape index (κ2) is 9.10. The molecule has 2 aromatic carbocycles. The summed E-state index contributed by atoms with van der Waals surface area (Å²) < 4.78 is 7.36. The molecule has 1 unspecified atom stereocenters. The molecule has 126 valence electrons. The van der Waals surface area contributed by atoms with Gasteiger partial charge in [-0.2, -0.15) is 11.8 Å². The second-order valence-corrected chi connectivity index (χ2v) is 6.27. The van der Waals surface area contributed by atoms with Crippen LogP contribution in [0.25, 0.3) is 0 Å². The fourth-order valence-electron chi connectivity index (χ4n) is 2.12. The highest BCUT2D eigenvalue weighted by molar-refractivity contribution is 7.98. The van der Waals surface area contributed by atoms with Crippen molar-refractivity contribution in [2.75, 3.05) is 5.75 Å². The first-order chi connectivity index (χ1) is 12.1. The summed E-state index contributed by atoms with van der Waals surface area (Å²) in [5.74, 6) is -0.564. The van der Waals surface area contributed by atoms with Gasteiger partial charge in [-0.15, -0.1) is 0 Å². The van der Waals surface area contributed by atoms with Crippen molar-refractivity contribution in [3.8, 4) is 0 Å². The molecule has 0 radical (unpaired) electrons. The number of hydrogen-bond donors (Lipinski definition) is 3. The van der Waals surface area contributed by atoms with E-state index in [2.05, 4.69) is 11.0 Å². The number of carbonyl (C=O) groups is 2. The number of benzene rings is 2. The topological polar surface area (TPSA) is 92.4 Å². The highest BCUT2D eigenvalue weighted by atomic mass is 32.2. The predicted octanol–water partition coefficient (Wildman–Crippen LogP) is 2.19. The molecule has 2 aromatic rings. The Balaban J connectivity index is 1.92. The van der Waals surface area contributed by atoms with Crippen molar-refractivity contribution < 1.29 is 16.1 Å². The normalized spacial score (nSPS) is 13.6. The summed E-state index contributed by atoms with van der Waals surface area (Å²) in [6, 6.07) is 16.4. The monoisotopic (exact) mass is 345 g/mol. The van der Waals surface area contributed by atoms with Gasteiger partial charge in [0.2, 0.25) is 5.91 Å². The number of carbonyl (C=O) groups excluding carboxylic acids is 1. The van der Waals surface area contributed by atoms with Crippen LogP contribution in [0.1, 0.15) is 17.2 Å². The van der Waals surface area contributed by atoms with Gasteiger partial charge in [0.25, 0.3) is 0 Å². The van der Waals surface area contributed by atoms with Gasteiger partial charge in [-0.1, -0.05) is 60.7 Å². The molecule has 0 aliphatic carbocycles. The predicted molar refractivity (Wildman–Crippen MR) is 95.5 cm³/mol. The number of nitrogens with two attached hydrogens (primary N) is 1. The van der Waals surface area contributed by atoms with E-state index in [0.717, 1.165) is 5.56 Å². The Bertz CT molecular complexity index is 685. The molecule has 0 heterocycles. The van der Waals surface area contributed by atoms with E-state index in [1.54, 1.807) is 30.3 Å². The molecule has 0 spiro atoms. The second-order valence-electron chi connectivity index (χ2n) is 5.24. The maximum atomic E-state index is 12.3. The third-order valence-corrected chi connectivity index (χ3v) is 4.49. The van der Waals surface area contributed by atoms with Crippen LogP contribution >= 0.6 is 11.8 Å². The number of carboxylic acids is 1. The van der Waals surface area contributed by atoms with Gasteiger partial charge in [0.15, 0.2) is 6.04 Å². The Morgan fingerprint density at radius 3 is 2.33 bits per heavy atom. The quantitative estimate of drug-likeness (QED) is 0.648. The molecule has 2 rings (SSSR count). The SMILES string of the molecule is [2H]N[C@@H](CSCc1ccccc1)C(=O)NC(C(=O)O)c1ccccc1. The van der Waals surface area contributed by atoms with Crippen LogP contribution in [0.15, 0.2) is 60.7 Å². The summed E-state index contributed by atoms with van der Waals surface area (Å²) in [4.78, 5) is 23.8. The summed E-state index contributed by atoms with van der Waals surface area (Å²) in [7, 11) is 0. The molecule has 4 N–H and O–H groups in total. The summed E-state index contributed by atoms with van der Waals surface area (Å²) in [6.07, 6.45) is 0. The van der Waals surface area contributed by atoms with Crippen molar-refractivity contribution in [1.29, 1.82) is 0 Å². The van der Waals surface area contributed by atoms with Crippen LogP contribution in [0, 0.1) is 0 Å². The van der Waals surface area contributed by atoms with Gasteiger partial charge < -0.3 is 16.2 Å². The number of hydrogen-bond acceptors (Lipinski definition) is 4. The molecule has 0 aromatic heterocycles. The number of thioether (sulfide) groups is 1. The molecule has 2 atom stereocenters. The lowest BCUT2D eigenvalue weighted by Gasteiger charge is -2.18. The van der Waals surface area contributed by atoms with E-state index in [1.807, 2.05) is 30.3 Å². The van der Waals surface area contributed by atoms with Crippen LogP contribution in [0.2, 0.25) is 1.41 Å². The van der Waals surface area contributed by atoms with Gasteiger partial charge in [0.05, 0.1) is 6.04 Å². The molecule has 5 nitrogen and oxygen atoms in total. The van der Waals surface area contributed by atoms with Crippen molar-refractivity contribution in [3.05, 3.63) is 71.8 Å². The number of amides is 1. The van der Waals surface area contributed by atoms with Crippen molar-refractivity contribution in [1.82, 2.24) is 5.32 Å². The minimum absolute atomic E-state index is 0.366. The minimum Gasteiger partial charge on any atom is -0.479 e. The number of nitrogens with one attached hydrogen (secondary N) is 1. The molecule has 0 saturated heterocycles. The third-order valence-electron chi connectivity index (χ3n) is 3.38. The average Bonchev–Trinajstić information content (AvgIpc) is 2.64. The van der Waals surface area contributed by atoms with Crippen LogP contribution in [0.5, 0.6) is 0 Å². The first kappa shape index (κ1) is 16.5. The minimum atomic E-state index is -1.14. The van der Waals surface area contributed by atoms with Gasteiger partial charge in [-0.25, -0.2) is 4.79 Å².